The van der Waals surface area contributed by atoms with Gasteiger partial charge in [0, 0.05) is 24.3 Å². The highest BCUT2D eigenvalue weighted by molar-refractivity contribution is 14.0. The summed E-state index contributed by atoms with van der Waals surface area (Å²) in [6, 6.07) is 6.00. The monoisotopic (exact) mass is 511 g/mol. The zero-order chi connectivity index (χ0) is 19.7. The molecule has 1 aromatic carbocycles. The fourth-order valence-electron chi connectivity index (χ4n) is 2.48. The molecule has 0 fully saturated rings. The van der Waals surface area contributed by atoms with E-state index >= 15 is 0 Å². The SMILES string of the molecule is CCNC(=NCc1ccccc1OC(F)(F)F)NCCCc1cn[nH]c1C.I. The summed E-state index contributed by atoms with van der Waals surface area (Å²) in [6.45, 7) is 5.29. The Hall–Kier alpha value is -1.98. The number of aromatic nitrogens is 2. The number of guanidine groups is 1. The lowest BCUT2D eigenvalue weighted by atomic mass is 10.1. The van der Waals surface area contributed by atoms with Gasteiger partial charge in [-0.25, -0.2) is 4.99 Å². The average molecular weight is 511 g/mol. The molecule has 0 radical (unpaired) electrons. The number of hydrogen-bond donors (Lipinski definition) is 3. The zero-order valence-electron chi connectivity index (χ0n) is 15.8. The van der Waals surface area contributed by atoms with E-state index in [0.717, 1.165) is 24.1 Å². The summed E-state index contributed by atoms with van der Waals surface area (Å²) in [5.74, 6) is 0.309. The molecule has 0 spiro atoms. The Kier molecular flexibility index (Phi) is 10.1. The third-order valence-electron chi connectivity index (χ3n) is 3.80. The molecule has 28 heavy (non-hydrogen) atoms. The van der Waals surface area contributed by atoms with Crippen LogP contribution in [-0.4, -0.2) is 35.6 Å². The Labute approximate surface area is 179 Å². The second-order valence-corrected chi connectivity index (χ2v) is 5.90. The van der Waals surface area contributed by atoms with E-state index in [4.69, 9.17) is 0 Å². The average Bonchev–Trinajstić information content (AvgIpc) is 3.01. The van der Waals surface area contributed by atoms with Crippen LogP contribution in [0.3, 0.4) is 0 Å². The van der Waals surface area contributed by atoms with Crippen molar-refractivity contribution in [2.24, 2.45) is 4.99 Å². The zero-order valence-corrected chi connectivity index (χ0v) is 18.1. The van der Waals surface area contributed by atoms with E-state index in [1.807, 2.05) is 20.0 Å². The van der Waals surface area contributed by atoms with Gasteiger partial charge in [-0.15, -0.1) is 37.1 Å². The first-order valence-electron chi connectivity index (χ1n) is 8.73. The molecule has 0 atom stereocenters. The summed E-state index contributed by atoms with van der Waals surface area (Å²) >= 11 is 0. The van der Waals surface area contributed by atoms with E-state index in [2.05, 4.69) is 30.6 Å². The molecule has 0 aliphatic carbocycles. The van der Waals surface area contributed by atoms with Gasteiger partial charge in [0.1, 0.15) is 5.75 Å². The highest BCUT2D eigenvalue weighted by Crippen LogP contribution is 2.26. The van der Waals surface area contributed by atoms with Crippen LogP contribution in [0.4, 0.5) is 13.2 Å². The van der Waals surface area contributed by atoms with Crippen LogP contribution in [0.5, 0.6) is 5.75 Å². The first-order chi connectivity index (χ1) is 12.9. The van der Waals surface area contributed by atoms with Gasteiger partial charge in [0.25, 0.3) is 0 Å². The largest absolute Gasteiger partial charge is 0.573 e. The van der Waals surface area contributed by atoms with Crippen LogP contribution in [0.15, 0.2) is 35.5 Å². The Morgan fingerprint density at radius 3 is 2.61 bits per heavy atom. The van der Waals surface area contributed by atoms with Crippen molar-refractivity contribution < 1.29 is 17.9 Å². The molecule has 2 rings (SSSR count). The van der Waals surface area contributed by atoms with Crippen molar-refractivity contribution in [1.29, 1.82) is 0 Å². The number of ether oxygens (including phenoxy) is 1. The molecule has 0 unspecified atom stereocenters. The van der Waals surface area contributed by atoms with Crippen LogP contribution in [-0.2, 0) is 13.0 Å². The molecule has 0 saturated carbocycles. The Balaban J connectivity index is 0.00000392. The number of benzene rings is 1. The second kappa shape index (κ2) is 11.8. The number of aryl methyl sites for hydroxylation is 2. The van der Waals surface area contributed by atoms with Gasteiger partial charge in [0.05, 0.1) is 12.7 Å². The summed E-state index contributed by atoms with van der Waals surface area (Å²) in [4.78, 5) is 4.36. The van der Waals surface area contributed by atoms with Crippen molar-refractivity contribution in [2.75, 3.05) is 13.1 Å². The molecule has 0 amide bonds. The van der Waals surface area contributed by atoms with Crippen LogP contribution >= 0.6 is 24.0 Å². The number of hydrogen-bond acceptors (Lipinski definition) is 3. The highest BCUT2D eigenvalue weighted by atomic mass is 127. The number of aromatic amines is 1. The van der Waals surface area contributed by atoms with E-state index in [1.165, 1.54) is 12.1 Å². The molecule has 0 saturated heterocycles. The van der Waals surface area contributed by atoms with Crippen molar-refractivity contribution >= 4 is 29.9 Å². The van der Waals surface area contributed by atoms with Crippen LogP contribution in [0.2, 0.25) is 0 Å². The lowest BCUT2D eigenvalue weighted by Gasteiger charge is -2.14. The lowest BCUT2D eigenvalue weighted by molar-refractivity contribution is -0.274. The van der Waals surface area contributed by atoms with Gasteiger partial charge in [-0.1, -0.05) is 18.2 Å². The molecule has 156 valence electrons. The van der Waals surface area contributed by atoms with Crippen LogP contribution in [0.25, 0.3) is 0 Å². The number of para-hydroxylation sites is 1. The molecular weight excluding hydrogens is 486 g/mol. The summed E-state index contributed by atoms with van der Waals surface area (Å²) in [6.07, 6.45) is -1.17. The van der Waals surface area contributed by atoms with Crippen LogP contribution in [0, 0.1) is 6.92 Å². The third-order valence-corrected chi connectivity index (χ3v) is 3.80. The predicted molar refractivity (Wildman–Crippen MR) is 113 cm³/mol. The Bertz CT molecular complexity index is 749. The summed E-state index contributed by atoms with van der Waals surface area (Å²) in [7, 11) is 0. The number of nitrogens with one attached hydrogen (secondary N) is 3. The topological polar surface area (TPSA) is 74.3 Å². The second-order valence-electron chi connectivity index (χ2n) is 5.90. The number of nitrogens with zero attached hydrogens (tertiary/aromatic N) is 2. The van der Waals surface area contributed by atoms with Crippen molar-refractivity contribution in [2.45, 2.75) is 39.6 Å². The first-order valence-corrected chi connectivity index (χ1v) is 8.73. The molecule has 0 aliphatic rings. The van der Waals surface area contributed by atoms with Crippen molar-refractivity contribution in [3.8, 4) is 5.75 Å². The fraction of sp³-hybridized carbons (Fsp3) is 0.444. The molecule has 2 aromatic rings. The minimum atomic E-state index is -4.73. The van der Waals surface area contributed by atoms with Gasteiger partial charge in [0.2, 0.25) is 0 Å². The predicted octanol–water partition coefficient (Wildman–Crippen LogP) is 3.92. The Morgan fingerprint density at radius 2 is 1.96 bits per heavy atom. The van der Waals surface area contributed by atoms with E-state index in [0.29, 0.717) is 24.6 Å². The van der Waals surface area contributed by atoms with E-state index < -0.39 is 6.36 Å². The van der Waals surface area contributed by atoms with Crippen molar-refractivity contribution in [3.05, 3.63) is 47.3 Å². The third kappa shape index (κ3) is 8.36. The van der Waals surface area contributed by atoms with Gasteiger partial charge in [-0.2, -0.15) is 5.10 Å². The molecule has 3 N–H and O–H groups in total. The lowest BCUT2D eigenvalue weighted by Crippen LogP contribution is -2.37. The van der Waals surface area contributed by atoms with Gasteiger partial charge in [-0.05, 0) is 38.3 Å². The summed E-state index contributed by atoms with van der Waals surface area (Å²) < 4.78 is 41.6. The first kappa shape index (κ1) is 24.1. The van der Waals surface area contributed by atoms with Crippen LogP contribution in [0.1, 0.15) is 30.2 Å². The molecule has 1 aromatic heterocycles. The fourth-order valence-corrected chi connectivity index (χ4v) is 2.48. The van der Waals surface area contributed by atoms with Gasteiger partial charge in [0.15, 0.2) is 5.96 Å². The van der Waals surface area contributed by atoms with Crippen molar-refractivity contribution in [3.63, 3.8) is 0 Å². The maximum Gasteiger partial charge on any atom is 0.573 e. The minimum Gasteiger partial charge on any atom is -0.405 e. The summed E-state index contributed by atoms with van der Waals surface area (Å²) in [5.41, 5.74) is 2.58. The molecule has 6 nitrogen and oxygen atoms in total. The van der Waals surface area contributed by atoms with Gasteiger partial charge < -0.3 is 15.4 Å². The standard InChI is InChI=1S/C18H24F3N5O.HI/c1-3-22-17(23-10-6-8-14-12-25-26-13(14)2)24-11-15-7-4-5-9-16(15)27-18(19,20)21;/h4-5,7,9,12H,3,6,8,10-11H2,1-2H3,(H,25,26)(H2,22,23,24);1H. The number of H-pyrrole nitrogens is 1. The number of rotatable bonds is 8. The normalized spacial score (nSPS) is 11.7. The van der Waals surface area contributed by atoms with E-state index in [-0.39, 0.29) is 36.3 Å². The number of halogens is 4. The van der Waals surface area contributed by atoms with Gasteiger partial charge in [-0.3, -0.25) is 5.10 Å². The maximum absolute atomic E-state index is 12.5. The smallest absolute Gasteiger partial charge is 0.405 e. The van der Waals surface area contributed by atoms with E-state index in [1.54, 1.807) is 12.1 Å². The van der Waals surface area contributed by atoms with Crippen molar-refractivity contribution in [1.82, 2.24) is 20.8 Å². The van der Waals surface area contributed by atoms with Crippen LogP contribution < -0.4 is 15.4 Å². The number of alkyl halides is 3. The molecule has 1 heterocycles. The van der Waals surface area contributed by atoms with Gasteiger partial charge >= 0.3 is 6.36 Å². The molecule has 10 heteroatoms. The molecule has 0 aliphatic heterocycles. The number of aliphatic imine (C=N–C) groups is 1. The molecule has 0 bridgehead atoms. The van der Waals surface area contributed by atoms with E-state index in [9.17, 15) is 13.2 Å². The highest BCUT2D eigenvalue weighted by Gasteiger charge is 2.31. The summed E-state index contributed by atoms with van der Waals surface area (Å²) in [5, 5.41) is 13.2. The quantitative estimate of drug-likeness (QED) is 0.218. The maximum atomic E-state index is 12.5. The minimum absolute atomic E-state index is 0. The Morgan fingerprint density at radius 1 is 1.21 bits per heavy atom. The molecular formula is C18H25F3IN5O.